The molecule has 164 valence electrons. The van der Waals surface area contributed by atoms with E-state index in [-0.39, 0.29) is 17.6 Å². The van der Waals surface area contributed by atoms with E-state index in [0.29, 0.717) is 25.2 Å². The van der Waals surface area contributed by atoms with E-state index >= 15 is 0 Å². The third-order valence-electron chi connectivity index (χ3n) is 7.29. The molecule has 3 aliphatic rings. The molecule has 2 aromatic rings. The molecule has 0 spiro atoms. The Bertz CT molecular complexity index is 894. The number of ketones is 1. The van der Waals surface area contributed by atoms with Crippen LogP contribution in [0.4, 0.5) is 10.1 Å². The standard InChI is InChI=1S/C27H32FNO2/c1-18(12-27(30)22-13-24(28)14-22)20-4-6-21(7-5-20)23-15-29(16-23)25-8-10-26(11-9-25)31-17-19-2-3-19/h4-11,18-19,22-24H,2-3,12-17H2,1H3/t18-,22?,24?/m1/s1. The second kappa shape index (κ2) is 8.64. The molecule has 1 aliphatic heterocycles. The molecule has 31 heavy (non-hydrogen) atoms. The zero-order valence-electron chi connectivity index (χ0n) is 18.3. The smallest absolute Gasteiger partial charge is 0.136 e. The average molecular weight is 422 g/mol. The van der Waals surface area contributed by atoms with Gasteiger partial charge in [-0.05, 0) is 72.9 Å². The summed E-state index contributed by atoms with van der Waals surface area (Å²) in [5, 5.41) is 0. The topological polar surface area (TPSA) is 29.5 Å². The number of ether oxygens (including phenoxy) is 1. The van der Waals surface area contributed by atoms with Crippen molar-refractivity contribution < 1.29 is 13.9 Å². The van der Waals surface area contributed by atoms with Crippen LogP contribution in [0.5, 0.6) is 5.75 Å². The van der Waals surface area contributed by atoms with Gasteiger partial charge in [-0.3, -0.25) is 4.79 Å². The summed E-state index contributed by atoms with van der Waals surface area (Å²) in [7, 11) is 0. The van der Waals surface area contributed by atoms with Gasteiger partial charge in [-0.25, -0.2) is 4.39 Å². The van der Waals surface area contributed by atoms with Gasteiger partial charge in [0.2, 0.25) is 0 Å². The lowest BCUT2D eigenvalue weighted by molar-refractivity contribution is -0.127. The van der Waals surface area contributed by atoms with Gasteiger partial charge >= 0.3 is 0 Å². The van der Waals surface area contributed by atoms with Crippen molar-refractivity contribution in [2.75, 3.05) is 24.6 Å². The van der Waals surface area contributed by atoms with Crippen LogP contribution in [-0.4, -0.2) is 31.7 Å². The summed E-state index contributed by atoms with van der Waals surface area (Å²) in [5.74, 6) is 2.67. The number of hydrogen-bond acceptors (Lipinski definition) is 3. The molecule has 1 atom stereocenters. The van der Waals surface area contributed by atoms with Crippen LogP contribution in [0, 0.1) is 11.8 Å². The molecule has 0 unspecified atom stereocenters. The summed E-state index contributed by atoms with van der Waals surface area (Å²) >= 11 is 0. The first kappa shape index (κ1) is 20.5. The van der Waals surface area contributed by atoms with E-state index in [4.69, 9.17) is 4.74 Å². The van der Waals surface area contributed by atoms with Crippen LogP contribution in [0.3, 0.4) is 0 Å². The van der Waals surface area contributed by atoms with Crippen LogP contribution < -0.4 is 9.64 Å². The molecule has 4 heteroatoms. The molecule has 0 bridgehead atoms. The fourth-order valence-electron chi connectivity index (χ4n) is 4.65. The summed E-state index contributed by atoms with van der Waals surface area (Å²) in [5.41, 5.74) is 3.82. The van der Waals surface area contributed by atoms with Gasteiger partial charge in [0.05, 0.1) is 6.61 Å². The molecule has 0 radical (unpaired) electrons. The second-order valence-corrected chi connectivity index (χ2v) is 9.85. The van der Waals surface area contributed by atoms with Crippen molar-refractivity contribution in [1.29, 1.82) is 0 Å². The number of rotatable bonds is 9. The third-order valence-corrected chi connectivity index (χ3v) is 7.29. The van der Waals surface area contributed by atoms with Gasteiger partial charge < -0.3 is 9.64 Å². The zero-order valence-corrected chi connectivity index (χ0v) is 18.3. The number of carbonyl (C=O) groups is 1. The molecular formula is C27H32FNO2. The number of benzene rings is 2. The van der Waals surface area contributed by atoms with Crippen molar-refractivity contribution in [2.24, 2.45) is 11.8 Å². The van der Waals surface area contributed by atoms with Crippen molar-refractivity contribution in [3.63, 3.8) is 0 Å². The van der Waals surface area contributed by atoms with Crippen molar-refractivity contribution in [1.82, 2.24) is 0 Å². The van der Waals surface area contributed by atoms with Crippen LogP contribution in [0.15, 0.2) is 48.5 Å². The fraction of sp³-hybridized carbons (Fsp3) is 0.519. The lowest BCUT2D eigenvalue weighted by Crippen LogP contribution is -2.45. The number of nitrogens with zero attached hydrogens (tertiary/aromatic N) is 1. The van der Waals surface area contributed by atoms with E-state index in [0.717, 1.165) is 31.4 Å². The minimum Gasteiger partial charge on any atom is -0.493 e. The molecule has 3 fully saturated rings. The first-order valence-corrected chi connectivity index (χ1v) is 11.8. The lowest BCUT2D eigenvalue weighted by atomic mass is 9.77. The van der Waals surface area contributed by atoms with Crippen molar-refractivity contribution in [3.05, 3.63) is 59.7 Å². The first-order chi connectivity index (χ1) is 15.0. The molecule has 2 aromatic carbocycles. The average Bonchev–Trinajstić information content (AvgIpc) is 3.55. The highest BCUT2D eigenvalue weighted by atomic mass is 19.1. The van der Waals surface area contributed by atoms with Crippen LogP contribution in [-0.2, 0) is 4.79 Å². The minimum atomic E-state index is -0.760. The minimum absolute atomic E-state index is 0.0449. The molecular weight excluding hydrogens is 389 g/mol. The highest BCUT2D eigenvalue weighted by Gasteiger charge is 2.34. The zero-order chi connectivity index (χ0) is 21.4. The Morgan fingerprint density at radius 3 is 2.35 bits per heavy atom. The number of carbonyl (C=O) groups excluding carboxylic acids is 1. The SMILES string of the molecule is C[C@H](CC(=O)C1CC(F)C1)c1ccc(C2CN(c3ccc(OCC4CC4)cc3)C2)cc1. The summed E-state index contributed by atoms with van der Waals surface area (Å²) in [6.07, 6.45) is 3.25. The summed E-state index contributed by atoms with van der Waals surface area (Å²) in [6, 6.07) is 17.3. The predicted molar refractivity (Wildman–Crippen MR) is 122 cm³/mol. The third kappa shape index (κ3) is 4.78. The number of hydrogen-bond donors (Lipinski definition) is 0. The molecule has 2 saturated carbocycles. The van der Waals surface area contributed by atoms with Crippen LogP contribution >= 0.6 is 0 Å². The Morgan fingerprint density at radius 1 is 1.06 bits per heavy atom. The largest absolute Gasteiger partial charge is 0.493 e. The van der Waals surface area contributed by atoms with Gasteiger partial charge in [0, 0.05) is 37.0 Å². The van der Waals surface area contributed by atoms with Crippen LogP contribution in [0.1, 0.15) is 62.0 Å². The van der Waals surface area contributed by atoms with Crippen LogP contribution in [0.2, 0.25) is 0 Å². The molecule has 3 nitrogen and oxygen atoms in total. The molecule has 0 N–H and O–H groups in total. The monoisotopic (exact) mass is 421 g/mol. The lowest BCUT2D eigenvalue weighted by Gasteiger charge is -2.41. The molecule has 1 heterocycles. The highest BCUT2D eigenvalue weighted by molar-refractivity contribution is 5.82. The van der Waals surface area contributed by atoms with E-state index in [2.05, 4.69) is 60.4 Å². The summed E-state index contributed by atoms with van der Waals surface area (Å²) < 4.78 is 18.8. The Balaban J connectivity index is 1.10. The van der Waals surface area contributed by atoms with E-state index in [1.165, 1.54) is 29.7 Å². The van der Waals surface area contributed by atoms with Gasteiger partial charge in [0.25, 0.3) is 0 Å². The van der Waals surface area contributed by atoms with Gasteiger partial charge in [-0.1, -0.05) is 31.2 Å². The predicted octanol–water partition coefficient (Wildman–Crippen LogP) is 5.89. The molecule has 2 aliphatic carbocycles. The van der Waals surface area contributed by atoms with Crippen molar-refractivity contribution >= 4 is 11.5 Å². The molecule has 5 rings (SSSR count). The first-order valence-electron chi connectivity index (χ1n) is 11.8. The Morgan fingerprint density at radius 2 is 1.74 bits per heavy atom. The summed E-state index contributed by atoms with van der Waals surface area (Å²) in [4.78, 5) is 14.7. The van der Waals surface area contributed by atoms with Gasteiger partial charge in [-0.2, -0.15) is 0 Å². The number of halogens is 1. The molecule has 0 amide bonds. The van der Waals surface area contributed by atoms with Crippen molar-refractivity contribution in [3.8, 4) is 5.75 Å². The maximum Gasteiger partial charge on any atom is 0.136 e. The Hall–Kier alpha value is -2.36. The van der Waals surface area contributed by atoms with Gasteiger partial charge in [0.15, 0.2) is 0 Å². The second-order valence-electron chi connectivity index (χ2n) is 9.85. The van der Waals surface area contributed by atoms with E-state index in [1.807, 2.05) is 0 Å². The van der Waals surface area contributed by atoms with Gasteiger partial charge in [0.1, 0.15) is 17.7 Å². The maximum atomic E-state index is 13.0. The number of Topliss-reactive ketones (excluding diaryl/α,β-unsaturated/α-hetero) is 1. The molecule has 1 saturated heterocycles. The highest BCUT2D eigenvalue weighted by Crippen LogP contribution is 2.36. The Labute approximate surface area is 184 Å². The quantitative estimate of drug-likeness (QED) is 0.506. The van der Waals surface area contributed by atoms with E-state index in [1.54, 1.807) is 0 Å². The van der Waals surface area contributed by atoms with Crippen molar-refractivity contribution in [2.45, 2.75) is 57.0 Å². The number of anilines is 1. The normalized spacial score (nSPS) is 24.3. The maximum absolute atomic E-state index is 13.0. The van der Waals surface area contributed by atoms with E-state index in [9.17, 15) is 9.18 Å². The Kier molecular flexibility index (Phi) is 5.73. The fourth-order valence-corrected chi connectivity index (χ4v) is 4.65. The van der Waals surface area contributed by atoms with E-state index < -0.39 is 6.17 Å². The number of alkyl halides is 1. The van der Waals surface area contributed by atoms with Crippen LogP contribution in [0.25, 0.3) is 0 Å². The van der Waals surface area contributed by atoms with Gasteiger partial charge in [-0.15, -0.1) is 0 Å². The molecule has 0 aromatic heterocycles. The summed E-state index contributed by atoms with van der Waals surface area (Å²) in [6.45, 7) is 5.01.